The van der Waals surface area contributed by atoms with E-state index >= 15 is 0 Å². The third-order valence-electron chi connectivity index (χ3n) is 3.81. The van der Waals surface area contributed by atoms with Gasteiger partial charge >= 0.3 is 5.97 Å². The molecule has 1 heterocycles. The van der Waals surface area contributed by atoms with Gasteiger partial charge in [-0.05, 0) is 30.3 Å². The van der Waals surface area contributed by atoms with E-state index in [0.717, 1.165) is 4.90 Å². The lowest BCUT2D eigenvalue weighted by molar-refractivity contribution is 0.0417. The molecule has 0 aliphatic carbocycles. The van der Waals surface area contributed by atoms with Crippen molar-refractivity contribution >= 4 is 29.4 Å². The number of halogens is 1. The fourth-order valence-electron chi connectivity index (χ4n) is 2.59. The first kappa shape index (κ1) is 17.0. The predicted molar refractivity (Wildman–Crippen MR) is 90.1 cm³/mol. The number of nitrogens with zero attached hydrogens (tertiary/aromatic N) is 1. The summed E-state index contributed by atoms with van der Waals surface area (Å²) in [5, 5.41) is 0.369. The van der Waals surface area contributed by atoms with Gasteiger partial charge in [0.25, 0.3) is 11.8 Å². The number of imide groups is 1. The number of ether oxygens (including phenoxy) is 2. The molecular weight excluding hydrogens is 346 g/mol. The van der Waals surface area contributed by atoms with E-state index < -0.39 is 17.8 Å². The Bertz CT molecular complexity index is 829. The van der Waals surface area contributed by atoms with E-state index in [0.29, 0.717) is 21.9 Å². The second kappa shape index (κ2) is 6.94. The summed E-state index contributed by atoms with van der Waals surface area (Å²) in [5.41, 5.74) is 0.892. The van der Waals surface area contributed by atoms with Crippen molar-refractivity contribution in [1.29, 1.82) is 0 Å². The standard InChI is InChI=1S/C18H14ClNO5/c1-24-15-7-6-11(19)10-14(15)18(23)25-9-8-20-16(21)12-4-2-3-5-13(12)17(20)22/h2-7,10H,8-9H2,1H3. The lowest BCUT2D eigenvalue weighted by atomic mass is 10.1. The van der Waals surface area contributed by atoms with Crippen LogP contribution in [0.4, 0.5) is 0 Å². The zero-order chi connectivity index (χ0) is 18.0. The number of hydrogen-bond acceptors (Lipinski definition) is 5. The number of rotatable bonds is 5. The van der Waals surface area contributed by atoms with Crippen LogP contribution in [-0.4, -0.2) is 42.9 Å². The van der Waals surface area contributed by atoms with Gasteiger partial charge in [-0.15, -0.1) is 0 Å². The molecule has 0 fully saturated rings. The number of carbonyl (C=O) groups excluding carboxylic acids is 3. The normalized spacial score (nSPS) is 13.0. The zero-order valence-corrected chi connectivity index (χ0v) is 14.1. The Morgan fingerprint density at radius 3 is 2.32 bits per heavy atom. The Labute approximate surface area is 148 Å². The maximum Gasteiger partial charge on any atom is 0.342 e. The molecule has 0 saturated carbocycles. The Morgan fingerprint density at radius 2 is 1.72 bits per heavy atom. The molecule has 0 unspecified atom stereocenters. The molecule has 0 saturated heterocycles. The highest BCUT2D eigenvalue weighted by Crippen LogP contribution is 2.24. The van der Waals surface area contributed by atoms with Crippen molar-refractivity contribution in [3.63, 3.8) is 0 Å². The van der Waals surface area contributed by atoms with Crippen LogP contribution < -0.4 is 4.74 Å². The largest absolute Gasteiger partial charge is 0.496 e. The maximum absolute atomic E-state index is 12.2. The molecule has 0 bridgehead atoms. The molecule has 0 atom stereocenters. The van der Waals surface area contributed by atoms with Gasteiger partial charge in [0.15, 0.2) is 0 Å². The Kier molecular flexibility index (Phi) is 4.72. The van der Waals surface area contributed by atoms with E-state index in [4.69, 9.17) is 21.1 Å². The number of methoxy groups -OCH3 is 1. The highest BCUT2D eigenvalue weighted by Gasteiger charge is 2.34. The molecule has 128 valence electrons. The summed E-state index contributed by atoms with van der Waals surface area (Å²) in [6.07, 6.45) is 0. The molecule has 0 radical (unpaired) electrons. The van der Waals surface area contributed by atoms with E-state index in [-0.39, 0.29) is 18.7 Å². The minimum atomic E-state index is -0.643. The highest BCUT2D eigenvalue weighted by molar-refractivity contribution is 6.31. The second-order valence-corrected chi connectivity index (χ2v) is 5.72. The second-order valence-electron chi connectivity index (χ2n) is 5.29. The fourth-order valence-corrected chi connectivity index (χ4v) is 2.76. The molecule has 7 heteroatoms. The lowest BCUT2D eigenvalue weighted by Crippen LogP contribution is -2.33. The molecule has 0 N–H and O–H groups in total. The van der Waals surface area contributed by atoms with Crippen LogP contribution in [-0.2, 0) is 4.74 Å². The van der Waals surface area contributed by atoms with Crippen LogP contribution >= 0.6 is 11.6 Å². The summed E-state index contributed by atoms with van der Waals surface area (Å²) >= 11 is 5.88. The van der Waals surface area contributed by atoms with E-state index in [9.17, 15) is 14.4 Å². The van der Waals surface area contributed by atoms with Crippen LogP contribution in [0, 0.1) is 0 Å². The SMILES string of the molecule is COc1ccc(Cl)cc1C(=O)OCCN1C(=O)c2ccccc2C1=O. The van der Waals surface area contributed by atoms with Crippen LogP contribution in [0.3, 0.4) is 0 Å². The van der Waals surface area contributed by atoms with E-state index in [2.05, 4.69) is 0 Å². The molecule has 2 aromatic carbocycles. The summed E-state index contributed by atoms with van der Waals surface area (Å²) < 4.78 is 10.3. The molecule has 1 aliphatic heterocycles. The molecule has 2 aromatic rings. The highest BCUT2D eigenvalue weighted by atomic mass is 35.5. The number of amides is 2. The van der Waals surface area contributed by atoms with Gasteiger partial charge in [0.1, 0.15) is 17.9 Å². The molecule has 0 aromatic heterocycles. The number of fused-ring (bicyclic) bond motifs is 1. The van der Waals surface area contributed by atoms with Gasteiger partial charge < -0.3 is 9.47 Å². The first-order valence-corrected chi connectivity index (χ1v) is 7.86. The molecular formula is C18H14ClNO5. The molecule has 2 amide bonds. The van der Waals surface area contributed by atoms with Crippen LogP contribution in [0.1, 0.15) is 31.1 Å². The summed E-state index contributed by atoms with van der Waals surface area (Å²) in [6, 6.07) is 11.2. The number of esters is 1. The van der Waals surface area contributed by atoms with Crippen molar-refractivity contribution in [2.75, 3.05) is 20.3 Å². The fraction of sp³-hybridized carbons (Fsp3) is 0.167. The van der Waals surface area contributed by atoms with Gasteiger partial charge in [-0.3, -0.25) is 14.5 Å². The zero-order valence-electron chi connectivity index (χ0n) is 13.3. The van der Waals surface area contributed by atoms with Gasteiger partial charge in [-0.1, -0.05) is 23.7 Å². The minimum Gasteiger partial charge on any atom is -0.496 e. The van der Waals surface area contributed by atoms with Gasteiger partial charge in [0.05, 0.1) is 24.8 Å². The summed E-state index contributed by atoms with van der Waals surface area (Å²) in [7, 11) is 1.43. The van der Waals surface area contributed by atoms with Crippen LogP contribution in [0.25, 0.3) is 0 Å². The van der Waals surface area contributed by atoms with Crippen molar-refractivity contribution in [2.45, 2.75) is 0 Å². The Morgan fingerprint density at radius 1 is 1.08 bits per heavy atom. The molecule has 3 rings (SSSR count). The quantitative estimate of drug-likeness (QED) is 0.606. The van der Waals surface area contributed by atoms with E-state index in [1.165, 1.54) is 13.2 Å². The third kappa shape index (κ3) is 3.21. The first-order chi connectivity index (χ1) is 12.0. The topological polar surface area (TPSA) is 72.9 Å². The monoisotopic (exact) mass is 359 g/mol. The number of hydrogen-bond donors (Lipinski definition) is 0. The van der Waals surface area contributed by atoms with Crippen LogP contribution in [0.2, 0.25) is 5.02 Å². The smallest absolute Gasteiger partial charge is 0.342 e. The van der Waals surface area contributed by atoms with Crippen molar-refractivity contribution in [2.24, 2.45) is 0 Å². The van der Waals surface area contributed by atoms with Crippen LogP contribution in [0.5, 0.6) is 5.75 Å². The molecule has 0 spiro atoms. The number of benzene rings is 2. The summed E-state index contributed by atoms with van der Waals surface area (Å²) in [5.74, 6) is -1.10. The van der Waals surface area contributed by atoms with E-state index in [1.807, 2.05) is 0 Å². The van der Waals surface area contributed by atoms with Gasteiger partial charge in [-0.25, -0.2) is 4.79 Å². The predicted octanol–water partition coefficient (Wildman–Crippen LogP) is 2.80. The molecule has 1 aliphatic rings. The summed E-state index contributed by atoms with van der Waals surface area (Å²) in [6.45, 7) is -0.152. The van der Waals surface area contributed by atoms with Gasteiger partial charge in [0, 0.05) is 5.02 Å². The van der Waals surface area contributed by atoms with Crippen LogP contribution in [0.15, 0.2) is 42.5 Å². The average molecular weight is 360 g/mol. The minimum absolute atomic E-state index is 0.0268. The first-order valence-electron chi connectivity index (χ1n) is 7.49. The third-order valence-corrected chi connectivity index (χ3v) is 4.04. The van der Waals surface area contributed by atoms with Crippen molar-refractivity contribution in [3.8, 4) is 5.75 Å². The Balaban J connectivity index is 1.64. The summed E-state index contributed by atoms with van der Waals surface area (Å²) in [4.78, 5) is 37.7. The van der Waals surface area contributed by atoms with Crippen molar-refractivity contribution < 1.29 is 23.9 Å². The van der Waals surface area contributed by atoms with Gasteiger partial charge in [-0.2, -0.15) is 0 Å². The maximum atomic E-state index is 12.2. The Hall–Kier alpha value is -2.86. The average Bonchev–Trinajstić information content (AvgIpc) is 2.86. The molecule has 6 nitrogen and oxygen atoms in total. The van der Waals surface area contributed by atoms with Gasteiger partial charge in [0.2, 0.25) is 0 Å². The van der Waals surface area contributed by atoms with Crippen molar-refractivity contribution in [3.05, 3.63) is 64.2 Å². The van der Waals surface area contributed by atoms with Crippen molar-refractivity contribution in [1.82, 2.24) is 4.90 Å². The lowest BCUT2D eigenvalue weighted by Gasteiger charge is -2.14. The number of carbonyl (C=O) groups is 3. The van der Waals surface area contributed by atoms with E-state index in [1.54, 1.807) is 36.4 Å². The molecule has 25 heavy (non-hydrogen) atoms.